The van der Waals surface area contributed by atoms with Gasteiger partial charge in [-0.3, -0.25) is 13.5 Å². The Morgan fingerprint density at radius 3 is 2.42 bits per heavy atom. The average molecular weight is 382 g/mol. The van der Waals surface area contributed by atoms with Crippen molar-refractivity contribution in [1.29, 1.82) is 0 Å². The normalized spacial score (nSPS) is 46.1. The van der Waals surface area contributed by atoms with Gasteiger partial charge >= 0.3 is 5.97 Å². The molecule has 0 radical (unpaired) electrons. The molecule has 3 saturated heterocycles. The lowest BCUT2D eigenvalue weighted by molar-refractivity contribution is -0.160. The Kier molecular flexibility index (Phi) is 3.74. The third kappa shape index (κ3) is 2.57. The van der Waals surface area contributed by atoms with E-state index in [0.29, 0.717) is 12.8 Å². The summed E-state index contributed by atoms with van der Waals surface area (Å²) in [4.78, 5) is 12.3. The average Bonchev–Trinajstić information content (AvgIpc) is 3.10. The zero-order valence-corrected chi connectivity index (χ0v) is 14.2. The molecule has 9 nitrogen and oxygen atoms in total. The highest BCUT2D eigenvalue weighted by Gasteiger charge is 2.67. The van der Waals surface area contributed by atoms with Crippen LogP contribution in [-0.2, 0) is 38.7 Å². The molecule has 4 rings (SSSR count). The second kappa shape index (κ2) is 5.37. The topological polar surface area (TPSA) is 133 Å². The van der Waals surface area contributed by atoms with E-state index >= 15 is 0 Å². The van der Waals surface area contributed by atoms with Crippen LogP contribution in [0, 0.1) is 5.92 Å². The van der Waals surface area contributed by atoms with Gasteiger partial charge < -0.3 is 9.47 Å². The van der Waals surface area contributed by atoms with E-state index in [0.717, 1.165) is 0 Å². The molecule has 5 unspecified atom stereocenters. The van der Waals surface area contributed by atoms with Crippen LogP contribution >= 0.6 is 0 Å². The van der Waals surface area contributed by atoms with Crippen LogP contribution in [0.15, 0.2) is 0 Å². The molecule has 11 heteroatoms. The monoisotopic (exact) mass is 382 g/mol. The minimum absolute atomic E-state index is 0.197. The first-order valence-electron chi connectivity index (χ1n) is 7.91. The summed E-state index contributed by atoms with van der Waals surface area (Å²) in [6, 6.07) is 0. The van der Waals surface area contributed by atoms with Gasteiger partial charge in [-0.15, -0.1) is 0 Å². The molecule has 3 heterocycles. The van der Waals surface area contributed by atoms with Crippen molar-refractivity contribution in [2.45, 2.75) is 67.0 Å². The molecule has 3 aliphatic heterocycles. The minimum atomic E-state index is -4.08. The molecule has 136 valence electrons. The Morgan fingerprint density at radius 1 is 1.12 bits per heavy atom. The van der Waals surface area contributed by atoms with Crippen LogP contribution in [0.4, 0.5) is 0 Å². The highest BCUT2D eigenvalue weighted by Crippen LogP contribution is 2.48. The molecule has 1 saturated carbocycles. The van der Waals surface area contributed by atoms with Gasteiger partial charge in [0.1, 0.15) is 17.5 Å². The molecule has 24 heavy (non-hydrogen) atoms. The summed E-state index contributed by atoms with van der Waals surface area (Å²) in [7, 11) is -7.74. The number of hydrogen-bond donors (Lipinski definition) is 1. The summed E-state index contributed by atoms with van der Waals surface area (Å²) in [5.41, 5.74) is 0. The van der Waals surface area contributed by atoms with Crippen molar-refractivity contribution in [2.24, 2.45) is 5.92 Å². The van der Waals surface area contributed by atoms with Gasteiger partial charge in [0, 0.05) is 0 Å². The van der Waals surface area contributed by atoms with E-state index < -0.39 is 67.0 Å². The van der Waals surface area contributed by atoms with Crippen LogP contribution in [0.25, 0.3) is 0 Å². The second-order valence-electron chi connectivity index (χ2n) is 6.86. The summed E-state index contributed by atoms with van der Waals surface area (Å²) in [5.74, 6) is -0.953. The molecule has 5 atom stereocenters. The molecule has 1 aliphatic carbocycles. The van der Waals surface area contributed by atoms with Crippen LogP contribution in [0.5, 0.6) is 0 Å². The number of carbonyl (C=O) groups is 1. The van der Waals surface area contributed by atoms with Crippen molar-refractivity contribution < 1.29 is 39.8 Å². The van der Waals surface area contributed by atoms with Gasteiger partial charge in [0.15, 0.2) is 6.10 Å². The van der Waals surface area contributed by atoms with Gasteiger partial charge in [-0.25, -0.2) is 0 Å². The zero-order chi connectivity index (χ0) is 17.3. The maximum absolute atomic E-state index is 12.3. The van der Waals surface area contributed by atoms with E-state index in [9.17, 15) is 21.6 Å². The number of esters is 1. The molecule has 0 aromatic rings. The molecule has 0 aromatic heterocycles. The first-order chi connectivity index (χ1) is 11.2. The van der Waals surface area contributed by atoms with Crippen molar-refractivity contribution in [3.05, 3.63) is 0 Å². The SMILES string of the molecule is O=C(OC1C2CC3C(O2)C1OS3(=O)=O)C1CCC(S(=O)(=O)O)CC1. The smallest absolute Gasteiger partial charge is 0.309 e. The Bertz CT molecular complexity index is 750. The van der Waals surface area contributed by atoms with Crippen molar-refractivity contribution >= 4 is 26.2 Å². The number of hydrogen-bond acceptors (Lipinski definition) is 8. The van der Waals surface area contributed by atoms with E-state index in [1.54, 1.807) is 0 Å². The van der Waals surface area contributed by atoms with Crippen LogP contribution in [0.1, 0.15) is 32.1 Å². The van der Waals surface area contributed by atoms with Gasteiger partial charge in [-0.1, -0.05) is 0 Å². The molecule has 0 spiro atoms. The Labute approximate surface area is 139 Å². The van der Waals surface area contributed by atoms with E-state index in [1.807, 2.05) is 0 Å². The number of rotatable bonds is 3. The molecular weight excluding hydrogens is 364 g/mol. The van der Waals surface area contributed by atoms with Crippen molar-refractivity contribution in [3.8, 4) is 0 Å². The summed E-state index contributed by atoms with van der Waals surface area (Å²) in [5, 5.41) is -1.51. The Balaban J connectivity index is 1.38. The standard InChI is InChI=1S/C13H18O9S2/c14-13(6-1-3-7(4-2-6)23(15,16)17)21-10-8-5-9-11(20-8)12(10)22-24(9,18)19/h6-12H,1-5H2,(H,15,16,17). The third-order valence-electron chi connectivity index (χ3n) is 5.47. The lowest BCUT2D eigenvalue weighted by Gasteiger charge is -2.28. The molecule has 4 aliphatic rings. The van der Waals surface area contributed by atoms with Gasteiger partial charge in [-0.05, 0) is 32.1 Å². The molecule has 2 bridgehead atoms. The summed E-state index contributed by atoms with van der Waals surface area (Å²) in [6.45, 7) is 0. The fraction of sp³-hybridized carbons (Fsp3) is 0.923. The number of carbonyl (C=O) groups excluding carboxylic acids is 1. The third-order valence-corrected chi connectivity index (χ3v) is 8.48. The predicted octanol–water partition coefficient (Wildman–Crippen LogP) is -0.387. The zero-order valence-electron chi connectivity index (χ0n) is 12.6. The minimum Gasteiger partial charge on any atom is -0.456 e. The van der Waals surface area contributed by atoms with Crippen LogP contribution < -0.4 is 0 Å². The van der Waals surface area contributed by atoms with Gasteiger partial charge in [0.05, 0.1) is 17.3 Å². The second-order valence-corrected chi connectivity index (χ2v) is 10.3. The summed E-state index contributed by atoms with van der Waals surface area (Å²) in [6.07, 6.45) is -1.31. The van der Waals surface area contributed by atoms with Gasteiger partial charge in [0.2, 0.25) is 0 Å². The maximum Gasteiger partial charge on any atom is 0.309 e. The van der Waals surface area contributed by atoms with Crippen molar-refractivity contribution in [1.82, 2.24) is 0 Å². The Hall–Kier alpha value is -0.750. The number of fused-ring (bicyclic) bond motifs is 1. The van der Waals surface area contributed by atoms with Crippen LogP contribution in [-0.4, -0.2) is 62.3 Å². The van der Waals surface area contributed by atoms with Crippen molar-refractivity contribution in [2.75, 3.05) is 0 Å². The van der Waals surface area contributed by atoms with Crippen molar-refractivity contribution in [3.63, 3.8) is 0 Å². The van der Waals surface area contributed by atoms with Crippen LogP contribution in [0.2, 0.25) is 0 Å². The predicted molar refractivity (Wildman–Crippen MR) is 78.0 cm³/mol. The molecule has 0 amide bonds. The molecular formula is C13H18O9S2. The largest absolute Gasteiger partial charge is 0.456 e. The molecule has 1 N–H and O–H groups in total. The first-order valence-corrected chi connectivity index (χ1v) is 10.9. The lowest BCUT2D eigenvalue weighted by Crippen LogP contribution is -2.43. The van der Waals surface area contributed by atoms with E-state index in [2.05, 4.69) is 0 Å². The summed E-state index contributed by atoms with van der Waals surface area (Å²) < 4.78 is 71.0. The van der Waals surface area contributed by atoms with Gasteiger partial charge in [-0.2, -0.15) is 16.8 Å². The number of ether oxygens (including phenoxy) is 2. The highest BCUT2D eigenvalue weighted by atomic mass is 32.2. The Morgan fingerprint density at radius 2 is 1.79 bits per heavy atom. The van der Waals surface area contributed by atoms with Gasteiger partial charge in [0.25, 0.3) is 20.2 Å². The molecule has 4 fully saturated rings. The first kappa shape index (κ1) is 16.7. The quantitative estimate of drug-likeness (QED) is 0.393. The van der Waals surface area contributed by atoms with E-state index in [1.165, 1.54) is 0 Å². The maximum atomic E-state index is 12.3. The fourth-order valence-electron chi connectivity index (χ4n) is 4.19. The lowest BCUT2D eigenvalue weighted by atomic mass is 9.88. The van der Waals surface area contributed by atoms with E-state index in [4.69, 9.17) is 18.2 Å². The fourth-order valence-corrected chi connectivity index (χ4v) is 6.71. The molecule has 0 aromatic carbocycles. The highest BCUT2D eigenvalue weighted by molar-refractivity contribution is 7.87. The summed E-state index contributed by atoms with van der Waals surface area (Å²) >= 11 is 0. The van der Waals surface area contributed by atoms with Crippen LogP contribution in [0.3, 0.4) is 0 Å². The van der Waals surface area contributed by atoms with E-state index in [-0.39, 0.29) is 19.3 Å².